The van der Waals surface area contributed by atoms with Crippen molar-refractivity contribution in [2.45, 2.75) is 25.7 Å². The van der Waals surface area contributed by atoms with Crippen molar-refractivity contribution in [1.29, 1.82) is 0 Å². The molecular weight excluding hydrogens is 481 g/mol. The number of carbonyl (C=O) groups is 2. The van der Waals surface area contributed by atoms with Gasteiger partial charge in [-0.05, 0) is 41.0 Å². The minimum Gasteiger partial charge on any atom is -0.350 e. The summed E-state index contributed by atoms with van der Waals surface area (Å²) < 4.78 is 14.9. The normalized spacial score (nSPS) is 11.7. The Balaban J connectivity index is 1.48. The first-order valence-electron chi connectivity index (χ1n) is 12.3. The molecule has 0 fully saturated rings. The number of halogens is 1. The van der Waals surface area contributed by atoms with Crippen LogP contribution in [-0.2, 0) is 29.2 Å². The number of nitrogens with zero attached hydrogens (tertiary/aromatic N) is 4. The summed E-state index contributed by atoms with van der Waals surface area (Å²) in [6.45, 7) is 0.335. The van der Waals surface area contributed by atoms with E-state index < -0.39 is 6.04 Å². The Morgan fingerprint density at radius 1 is 0.816 bits per heavy atom. The Morgan fingerprint density at radius 3 is 2.21 bits per heavy atom. The molecule has 0 aliphatic carbocycles. The molecule has 0 aliphatic rings. The Morgan fingerprint density at radius 2 is 1.47 bits per heavy atom. The molecule has 1 N–H and O–H groups in total. The van der Waals surface area contributed by atoms with Gasteiger partial charge in [0.2, 0.25) is 11.8 Å². The van der Waals surface area contributed by atoms with Gasteiger partial charge < -0.3 is 10.2 Å². The second-order valence-electron chi connectivity index (χ2n) is 8.90. The van der Waals surface area contributed by atoms with Crippen LogP contribution in [-0.4, -0.2) is 31.7 Å². The fourth-order valence-electron chi connectivity index (χ4n) is 4.35. The molecule has 2 amide bonds. The summed E-state index contributed by atoms with van der Waals surface area (Å²) in [5.74, 6) is -0.967. The highest BCUT2D eigenvalue weighted by atomic mass is 19.1. The van der Waals surface area contributed by atoms with Gasteiger partial charge in [-0.1, -0.05) is 90.1 Å². The smallest absolute Gasteiger partial charge is 0.247 e. The molecule has 8 heteroatoms. The zero-order valence-corrected chi connectivity index (χ0v) is 20.6. The van der Waals surface area contributed by atoms with Gasteiger partial charge in [0.1, 0.15) is 23.9 Å². The number of hydrogen-bond donors (Lipinski definition) is 1. The van der Waals surface area contributed by atoms with Crippen molar-refractivity contribution >= 4 is 22.8 Å². The van der Waals surface area contributed by atoms with Gasteiger partial charge >= 0.3 is 0 Å². The van der Waals surface area contributed by atoms with Gasteiger partial charge in [-0.3, -0.25) is 9.59 Å². The molecule has 1 atom stereocenters. The molecule has 5 aromatic rings. The van der Waals surface area contributed by atoms with E-state index in [4.69, 9.17) is 0 Å². The third-order valence-corrected chi connectivity index (χ3v) is 6.28. The van der Waals surface area contributed by atoms with E-state index >= 15 is 0 Å². The molecule has 0 saturated heterocycles. The van der Waals surface area contributed by atoms with E-state index in [2.05, 4.69) is 15.6 Å². The Labute approximate surface area is 219 Å². The highest BCUT2D eigenvalue weighted by Gasteiger charge is 2.32. The molecule has 0 spiro atoms. The fraction of sp³-hybridized carbons (Fsp3) is 0.133. The van der Waals surface area contributed by atoms with E-state index in [0.717, 1.165) is 16.6 Å². The van der Waals surface area contributed by atoms with Gasteiger partial charge in [0.25, 0.3) is 0 Å². The van der Waals surface area contributed by atoms with Crippen molar-refractivity contribution in [2.24, 2.45) is 0 Å². The summed E-state index contributed by atoms with van der Waals surface area (Å²) in [7, 11) is 0. The molecular formula is C30H26FN5O2. The largest absolute Gasteiger partial charge is 0.350 e. The average Bonchev–Trinajstić information content (AvgIpc) is 3.36. The van der Waals surface area contributed by atoms with Crippen LogP contribution in [0.25, 0.3) is 11.0 Å². The van der Waals surface area contributed by atoms with Gasteiger partial charge in [-0.2, -0.15) is 0 Å². The molecule has 1 aromatic heterocycles. The topological polar surface area (TPSA) is 80.1 Å². The zero-order chi connectivity index (χ0) is 26.3. The lowest BCUT2D eigenvalue weighted by molar-refractivity contribution is -0.142. The maximum Gasteiger partial charge on any atom is 0.247 e. The number of carbonyl (C=O) groups excluding carboxylic acids is 2. The molecule has 0 saturated carbocycles. The van der Waals surface area contributed by atoms with E-state index in [0.29, 0.717) is 11.1 Å². The van der Waals surface area contributed by atoms with Crippen LogP contribution in [0, 0.1) is 5.82 Å². The van der Waals surface area contributed by atoms with Crippen LogP contribution in [0.15, 0.2) is 109 Å². The lowest BCUT2D eigenvalue weighted by Crippen LogP contribution is -2.44. The van der Waals surface area contributed by atoms with Crippen LogP contribution in [0.1, 0.15) is 22.7 Å². The quantitative estimate of drug-likeness (QED) is 0.315. The summed E-state index contributed by atoms with van der Waals surface area (Å²) in [4.78, 5) is 29.2. The summed E-state index contributed by atoms with van der Waals surface area (Å²) in [5.41, 5.74) is 3.74. The average molecular weight is 508 g/mol. The number of fused-ring (bicyclic) bond motifs is 1. The molecule has 0 bridgehead atoms. The van der Waals surface area contributed by atoms with Crippen LogP contribution >= 0.6 is 0 Å². The molecule has 0 radical (unpaired) electrons. The summed E-state index contributed by atoms with van der Waals surface area (Å²) in [5, 5.41) is 11.3. The zero-order valence-electron chi connectivity index (χ0n) is 20.6. The Hall–Kier alpha value is -4.85. The predicted molar refractivity (Wildman–Crippen MR) is 142 cm³/mol. The number of amides is 2. The van der Waals surface area contributed by atoms with Crippen LogP contribution in [0.2, 0.25) is 0 Å². The van der Waals surface area contributed by atoms with Gasteiger partial charge in [-0.25, -0.2) is 9.07 Å². The second kappa shape index (κ2) is 11.5. The number of rotatable bonds is 9. The Kier molecular flexibility index (Phi) is 7.49. The van der Waals surface area contributed by atoms with Crippen molar-refractivity contribution < 1.29 is 14.0 Å². The first-order chi connectivity index (χ1) is 18.6. The minimum atomic E-state index is -0.904. The number of para-hydroxylation sites is 1. The van der Waals surface area contributed by atoms with Crippen molar-refractivity contribution in [2.75, 3.05) is 0 Å². The summed E-state index contributed by atoms with van der Waals surface area (Å²) in [6.07, 6.45) is 0. The Bertz CT molecular complexity index is 1520. The third-order valence-electron chi connectivity index (χ3n) is 6.28. The van der Waals surface area contributed by atoms with Crippen LogP contribution < -0.4 is 5.32 Å². The number of aromatic nitrogens is 3. The lowest BCUT2D eigenvalue weighted by Gasteiger charge is -2.31. The maximum atomic E-state index is 13.9. The molecule has 1 unspecified atom stereocenters. The van der Waals surface area contributed by atoms with Gasteiger partial charge in [0, 0.05) is 13.1 Å². The van der Waals surface area contributed by atoms with Crippen LogP contribution in [0.5, 0.6) is 0 Å². The fourth-order valence-corrected chi connectivity index (χ4v) is 4.35. The van der Waals surface area contributed by atoms with Crippen molar-refractivity contribution in [3.63, 3.8) is 0 Å². The van der Waals surface area contributed by atoms with Crippen molar-refractivity contribution in [3.05, 3.63) is 132 Å². The van der Waals surface area contributed by atoms with Crippen LogP contribution in [0.3, 0.4) is 0 Å². The van der Waals surface area contributed by atoms with E-state index in [9.17, 15) is 14.0 Å². The monoisotopic (exact) mass is 507 g/mol. The molecule has 190 valence electrons. The molecule has 38 heavy (non-hydrogen) atoms. The van der Waals surface area contributed by atoms with Gasteiger partial charge in [0.15, 0.2) is 0 Å². The number of benzene rings is 4. The molecule has 7 nitrogen and oxygen atoms in total. The minimum absolute atomic E-state index is 0.0814. The predicted octanol–water partition coefficient (Wildman–Crippen LogP) is 4.66. The number of nitrogens with one attached hydrogen (secondary N) is 1. The van der Waals surface area contributed by atoms with Gasteiger partial charge in [0.05, 0.1) is 5.52 Å². The van der Waals surface area contributed by atoms with Crippen molar-refractivity contribution in [1.82, 2.24) is 25.2 Å². The first kappa shape index (κ1) is 24.8. The first-order valence-corrected chi connectivity index (χ1v) is 12.3. The van der Waals surface area contributed by atoms with Crippen molar-refractivity contribution in [3.8, 4) is 0 Å². The highest BCUT2D eigenvalue weighted by molar-refractivity contribution is 5.89. The standard InChI is InChI=1S/C30H26FN5O2/c31-25-17-15-22(16-18-25)19-32-30(38)29(24-11-5-2-6-12-24)35(20-23-9-3-1-4-10-23)28(37)21-36-27-14-8-7-13-26(27)33-34-36/h1-18,29H,19-21H2,(H,32,38). The molecule has 4 aromatic carbocycles. The maximum absolute atomic E-state index is 13.9. The molecule has 1 heterocycles. The summed E-state index contributed by atoms with van der Waals surface area (Å²) in [6, 6.07) is 31.2. The van der Waals surface area contributed by atoms with E-state index in [1.807, 2.05) is 84.9 Å². The SMILES string of the molecule is O=C(NCc1ccc(F)cc1)C(c1ccccc1)N(Cc1ccccc1)C(=O)Cn1nnc2ccccc21. The third kappa shape index (κ3) is 5.75. The second-order valence-corrected chi connectivity index (χ2v) is 8.90. The highest BCUT2D eigenvalue weighted by Crippen LogP contribution is 2.25. The van der Waals surface area contributed by atoms with E-state index in [1.54, 1.807) is 21.7 Å². The summed E-state index contributed by atoms with van der Waals surface area (Å²) >= 11 is 0. The van der Waals surface area contributed by atoms with Gasteiger partial charge in [-0.15, -0.1) is 5.10 Å². The molecule has 5 rings (SSSR count). The lowest BCUT2D eigenvalue weighted by atomic mass is 10.0. The van der Waals surface area contributed by atoms with E-state index in [-0.39, 0.29) is 37.3 Å². The van der Waals surface area contributed by atoms with E-state index in [1.165, 1.54) is 12.1 Å². The van der Waals surface area contributed by atoms with Crippen LogP contribution in [0.4, 0.5) is 4.39 Å². The number of hydrogen-bond acceptors (Lipinski definition) is 4. The molecule has 0 aliphatic heterocycles.